The van der Waals surface area contributed by atoms with Crippen LogP contribution < -0.4 is 25.8 Å². The van der Waals surface area contributed by atoms with Crippen LogP contribution in [0.1, 0.15) is 41.0 Å². The molecular weight excluding hydrogens is 414 g/mol. The molecule has 0 bridgehead atoms. The van der Waals surface area contributed by atoms with E-state index >= 15 is 0 Å². The van der Waals surface area contributed by atoms with Gasteiger partial charge in [-0.1, -0.05) is 12.5 Å². The number of rotatable bonds is 6. The van der Waals surface area contributed by atoms with Gasteiger partial charge in [-0.15, -0.1) is 0 Å². The maximum atomic E-state index is 12.2. The quantitative estimate of drug-likeness (QED) is 0.452. The zero-order valence-electron chi connectivity index (χ0n) is 17.9. The molecule has 10 nitrogen and oxygen atoms in total. The second-order valence-electron chi connectivity index (χ2n) is 7.13. The predicted octanol–water partition coefficient (Wildman–Crippen LogP) is 0.975. The molecule has 0 spiro atoms. The number of methoxy groups -OCH3 is 2. The summed E-state index contributed by atoms with van der Waals surface area (Å²) in [5, 5.41) is 9.70. The third-order valence-corrected chi connectivity index (χ3v) is 4.75. The molecule has 166 valence electrons. The second kappa shape index (κ2) is 9.26. The minimum absolute atomic E-state index is 0.0289. The van der Waals surface area contributed by atoms with Crippen LogP contribution in [-0.2, 0) is 9.59 Å². The molecule has 1 aliphatic heterocycles. The molecule has 4 N–H and O–H groups in total. The van der Waals surface area contributed by atoms with Gasteiger partial charge in [-0.05, 0) is 25.0 Å². The summed E-state index contributed by atoms with van der Waals surface area (Å²) < 4.78 is 12.0. The van der Waals surface area contributed by atoms with Gasteiger partial charge in [0.1, 0.15) is 22.9 Å². The lowest BCUT2D eigenvalue weighted by Gasteiger charge is -2.10. The number of benzene rings is 1. The molecule has 0 radical (unpaired) electrons. The van der Waals surface area contributed by atoms with E-state index in [1.807, 2.05) is 0 Å². The van der Waals surface area contributed by atoms with Crippen molar-refractivity contribution in [3.05, 3.63) is 47.2 Å². The molecule has 0 saturated heterocycles. The van der Waals surface area contributed by atoms with Crippen molar-refractivity contribution >= 4 is 23.5 Å². The van der Waals surface area contributed by atoms with Crippen molar-refractivity contribution in [2.24, 2.45) is 5.73 Å². The Bertz CT molecular complexity index is 1150. The lowest BCUT2D eigenvalue weighted by molar-refractivity contribution is -0.128. The molecule has 0 saturated carbocycles. The van der Waals surface area contributed by atoms with E-state index in [1.165, 1.54) is 25.8 Å². The van der Waals surface area contributed by atoms with Crippen molar-refractivity contribution < 1.29 is 23.9 Å². The average Bonchev–Trinajstić information content (AvgIpc) is 3.30. The number of aromatic nitrogens is 2. The predicted molar refractivity (Wildman–Crippen MR) is 116 cm³/mol. The first-order valence-electron chi connectivity index (χ1n) is 9.64. The fourth-order valence-corrected chi connectivity index (χ4v) is 3.16. The number of carbonyl (C=O) groups is 3. The average molecular weight is 437 g/mol. The van der Waals surface area contributed by atoms with Gasteiger partial charge in [0.05, 0.1) is 26.7 Å². The van der Waals surface area contributed by atoms with E-state index in [0.717, 1.165) is 0 Å². The molecule has 32 heavy (non-hydrogen) atoms. The minimum Gasteiger partial charge on any atom is -0.497 e. The molecule has 0 aliphatic carbocycles. The number of nitrogens with one attached hydrogen (secondary N) is 2. The zero-order valence-corrected chi connectivity index (χ0v) is 17.9. The van der Waals surface area contributed by atoms with Crippen LogP contribution >= 0.6 is 0 Å². The highest BCUT2D eigenvalue weighted by molar-refractivity contribution is 6.04. The Hall–Kier alpha value is -4.26. The summed E-state index contributed by atoms with van der Waals surface area (Å²) in [6, 6.07) is 4.72. The Balaban J connectivity index is 1.90. The normalized spacial score (nSPS) is 13.8. The van der Waals surface area contributed by atoms with Crippen LogP contribution in [0.3, 0.4) is 0 Å². The standard InChI is InChI=1S/C22H23N5O5/c1-12(2)22(30)25-18(28)9-14-11-24-21-19(20(23)29)17(26-27(14)21)6-5-13-7-15(31-3)10-16(8-13)32-4/h7-8,10,14,24H,1,9,11H2,2-4H3,(H2,23,29)(H,25,28,30)/t14-/m1/s1. The van der Waals surface area contributed by atoms with Crippen molar-refractivity contribution in [2.75, 3.05) is 26.1 Å². The van der Waals surface area contributed by atoms with E-state index in [-0.39, 0.29) is 23.3 Å². The smallest absolute Gasteiger partial charge is 0.255 e. The van der Waals surface area contributed by atoms with Gasteiger partial charge in [-0.25, -0.2) is 4.68 Å². The van der Waals surface area contributed by atoms with Crippen molar-refractivity contribution in [1.29, 1.82) is 0 Å². The van der Waals surface area contributed by atoms with E-state index in [1.54, 1.807) is 18.2 Å². The number of hydrogen-bond donors (Lipinski definition) is 3. The third kappa shape index (κ3) is 4.73. The summed E-state index contributed by atoms with van der Waals surface area (Å²) >= 11 is 0. The van der Waals surface area contributed by atoms with Crippen LogP contribution in [0, 0.1) is 11.8 Å². The maximum Gasteiger partial charge on any atom is 0.255 e. The zero-order chi connectivity index (χ0) is 23.4. The minimum atomic E-state index is -0.700. The van der Waals surface area contributed by atoms with E-state index < -0.39 is 23.8 Å². The topological polar surface area (TPSA) is 138 Å². The number of primary amides is 1. The summed E-state index contributed by atoms with van der Waals surface area (Å²) in [4.78, 5) is 36.0. The van der Waals surface area contributed by atoms with Crippen LogP contribution in [0.2, 0.25) is 0 Å². The van der Waals surface area contributed by atoms with Crippen LogP contribution in [-0.4, -0.2) is 48.3 Å². The Kier molecular flexibility index (Phi) is 6.49. The summed E-state index contributed by atoms with van der Waals surface area (Å²) in [5.74, 6) is 5.58. The first kappa shape index (κ1) is 22.4. The lowest BCUT2D eigenvalue weighted by atomic mass is 10.1. The number of nitrogens with two attached hydrogens (primary N) is 1. The van der Waals surface area contributed by atoms with Gasteiger partial charge in [-0.3, -0.25) is 19.7 Å². The summed E-state index contributed by atoms with van der Waals surface area (Å²) in [5.41, 5.74) is 6.69. The number of nitrogens with zero attached hydrogens (tertiary/aromatic N) is 2. The second-order valence-corrected chi connectivity index (χ2v) is 7.13. The summed E-state index contributed by atoms with van der Waals surface area (Å²) in [7, 11) is 3.06. The number of anilines is 1. The summed E-state index contributed by atoms with van der Waals surface area (Å²) in [6.07, 6.45) is -0.0289. The molecule has 3 rings (SSSR count). The van der Waals surface area contributed by atoms with Gasteiger partial charge >= 0.3 is 0 Å². The van der Waals surface area contributed by atoms with E-state index in [4.69, 9.17) is 15.2 Å². The molecule has 2 aromatic rings. The van der Waals surface area contributed by atoms with Gasteiger partial charge in [0.25, 0.3) is 11.8 Å². The van der Waals surface area contributed by atoms with Gasteiger partial charge in [0.15, 0.2) is 5.69 Å². The Labute approximate surface area is 184 Å². The highest BCUT2D eigenvalue weighted by Gasteiger charge is 2.32. The van der Waals surface area contributed by atoms with Crippen molar-refractivity contribution in [3.8, 4) is 23.3 Å². The Morgan fingerprint density at radius 2 is 1.91 bits per heavy atom. The monoisotopic (exact) mass is 437 g/mol. The number of hydrogen-bond acceptors (Lipinski definition) is 7. The molecule has 2 heterocycles. The molecule has 0 fully saturated rings. The van der Waals surface area contributed by atoms with Crippen molar-refractivity contribution in [1.82, 2.24) is 15.1 Å². The number of carbonyl (C=O) groups excluding carboxylic acids is 3. The van der Waals surface area contributed by atoms with Gasteiger partial charge < -0.3 is 20.5 Å². The fraction of sp³-hybridized carbons (Fsp3) is 0.273. The molecule has 1 aliphatic rings. The first-order chi connectivity index (χ1) is 15.2. The van der Waals surface area contributed by atoms with Crippen LogP contribution in [0.15, 0.2) is 30.4 Å². The lowest BCUT2D eigenvalue weighted by Crippen LogP contribution is -2.32. The van der Waals surface area contributed by atoms with Crippen molar-refractivity contribution in [2.45, 2.75) is 19.4 Å². The number of ether oxygens (including phenoxy) is 2. The fourth-order valence-electron chi connectivity index (χ4n) is 3.16. The molecule has 1 atom stereocenters. The van der Waals surface area contributed by atoms with Crippen LogP contribution in [0.4, 0.5) is 5.82 Å². The van der Waals surface area contributed by atoms with Gasteiger partial charge in [0.2, 0.25) is 5.91 Å². The van der Waals surface area contributed by atoms with Crippen molar-refractivity contribution in [3.63, 3.8) is 0 Å². The van der Waals surface area contributed by atoms with E-state index in [9.17, 15) is 14.4 Å². The number of fused-ring (bicyclic) bond motifs is 1. The SMILES string of the molecule is C=C(C)C(=O)NC(=O)C[C@@H]1CNc2c(C(N)=O)c(C#Cc3cc(OC)cc(OC)c3)nn21. The van der Waals surface area contributed by atoms with Crippen LogP contribution in [0.25, 0.3) is 0 Å². The third-order valence-electron chi connectivity index (χ3n) is 4.75. The maximum absolute atomic E-state index is 12.2. The highest BCUT2D eigenvalue weighted by Crippen LogP contribution is 2.30. The molecular formula is C22H23N5O5. The van der Waals surface area contributed by atoms with Crippen LogP contribution in [0.5, 0.6) is 11.5 Å². The molecule has 3 amide bonds. The van der Waals surface area contributed by atoms with E-state index in [0.29, 0.717) is 29.4 Å². The molecule has 10 heteroatoms. The largest absolute Gasteiger partial charge is 0.497 e. The Morgan fingerprint density at radius 3 is 2.47 bits per heavy atom. The number of amides is 3. The van der Waals surface area contributed by atoms with Gasteiger partial charge in [-0.2, -0.15) is 5.10 Å². The Morgan fingerprint density at radius 1 is 1.25 bits per heavy atom. The van der Waals surface area contributed by atoms with E-state index in [2.05, 4.69) is 34.2 Å². The number of imide groups is 1. The molecule has 0 unspecified atom stereocenters. The molecule has 1 aromatic heterocycles. The van der Waals surface area contributed by atoms with Gasteiger partial charge in [0, 0.05) is 23.7 Å². The highest BCUT2D eigenvalue weighted by atomic mass is 16.5. The first-order valence-corrected chi connectivity index (χ1v) is 9.64. The molecule has 1 aromatic carbocycles. The summed E-state index contributed by atoms with van der Waals surface area (Å²) in [6.45, 7) is 5.35.